The highest BCUT2D eigenvalue weighted by molar-refractivity contribution is 9.09. The van der Waals surface area contributed by atoms with Gasteiger partial charge in [-0.2, -0.15) is 0 Å². The predicted octanol–water partition coefficient (Wildman–Crippen LogP) is 5.18. The summed E-state index contributed by atoms with van der Waals surface area (Å²) >= 11 is 3.64. The molecule has 0 aromatic rings. The lowest BCUT2D eigenvalue weighted by atomic mass is 9.78. The number of alkyl halides is 1. The number of hydrogen-bond acceptors (Lipinski definition) is 0. The maximum atomic E-state index is 3.64. The van der Waals surface area contributed by atoms with Gasteiger partial charge in [-0.05, 0) is 61.7 Å². The molecule has 3 aliphatic carbocycles. The predicted molar refractivity (Wildman–Crippen MR) is 77.3 cm³/mol. The van der Waals surface area contributed by atoms with E-state index in [9.17, 15) is 0 Å². The molecule has 1 heteroatoms. The van der Waals surface area contributed by atoms with Crippen LogP contribution in [0.2, 0.25) is 0 Å². The molecule has 0 spiro atoms. The average molecular weight is 297 g/mol. The summed E-state index contributed by atoms with van der Waals surface area (Å²) in [6, 6.07) is 0. The third-order valence-electron chi connectivity index (χ3n) is 5.55. The van der Waals surface area contributed by atoms with Crippen molar-refractivity contribution in [2.75, 3.05) is 5.33 Å². The van der Waals surface area contributed by atoms with Crippen LogP contribution in [0.25, 0.3) is 0 Å². The summed E-state index contributed by atoms with van der Waals surface area (Å²) in [5.41, 5.74) is 0. The Hall–Kier alpha value is 0.220. The van der Waals surface area contributed by atoms with Gasteiger partial charge in [0.2, 0.25) is 0 Å². The van der Waals surface area contributed by atoms with E-state index in [1.807, 2.05) is 0 Å². The summed E-state index contributed by atoms with van der Waals surface area (Å²) in [5.74, 6) is 5.04. The average Bonchev–Trinajstić information content (AvgIpc) is 2.99. The smallest absolute Gasteiger partial charge is 0.00596 e. The van der Waals surface area contributed by atoms with Crippen LogP contribution in [0.5, 0.6) is 0 Å². The Bertz CT molecular complexity index is 275. The van der Waals surface area contributed by atoms with Crippen LogP contribution in [0.3, 0.4) is 0 Å². The van der Waals surface area contributed by atoms with Crippen molar-refractivity contribution in [1.29, 1.82) is 0 Å². The Kier molecular flexibility index (Phi) is 3.94. The van der Waals surface area contributed by atoms with Gasteiger partial charge >= 0.3 is 0 Å². The summed E-state index contributed by atoms with van der Waals surface area (Å²) in [4.78, 5) is 0. The molecule has 0 N–H and O–H groups in total. The molecule has 17 heavy (non-hydrogen) atoms. The number of allylic oxidation sites excluding steroid dienone is 2. The van der Waals surface area contributed by atoms with Gasteiger partial charge in [0, 0.05) is 5.33 Å². The van der Waals surface area contributed by atoms with E-state index in [-0.39, 0.29) is 0 Å². The van der Waals surface area contributed by atoms with Crippen LogP contribution < -0.4 is 0 Å². The molecule has 0 aliphatic heterocycles. The van der Waals surface area contributed by atoms with E-state index >= 15 is 0 Å². The topological polar surface area (TPSA) is 0 Å². The zero-order valence-electron chi connectivity index (χ0n) is 10.8. The minimum Gasteiger partial charge on any atom is -0.0925 e. The number of halogens is 1. The maximum absolute atomic E-state index is 3.64. The van der Waals surface area contributed by atoms with Crippen molar-refractivity contribution >= 4 is 15.9 Å². The van der Waals surface area contributed by atoms with Crippen molar-refractivity contribution in [3.63, 3.8) is 0 Å². The molecule has 2 saturated carbocycles. The Morgan fingerprint density at radius 3 is 2.24 bits per heavy atom. The number of fused-ring (bicyclic) bond motifs is 2. The molecule has 2 bridgehead atoms. The lowest BCUT2D eigenvalue weighted by Crippen LogP contribution is -2.17. The monoisotopic (exact) mass is 296 g/mol. The van der Waals surface area contributed by atoms with Crippen LogP contribution in [0, 0.1) is 29.6 Å². The molecule has 0 radical (unpaired) electrons. The lowest BCUT2D eigenvalue weighted by molar-refractivity contribution is 0.256. The van der Waals surface area contributed by atoms with E-state index in [1.165, 1.54) is 56.7 Å². The molecule has 0 aromatic heterocycles. The van der Waals surface area contributed by atoms with Crippen LogP contribution in [-0.4, -0.2) is 5.33 Å². The van der Waals surface area contributed by atoms with Crippen LogP contribution in [0.4, 0.5) is 0 Å². The summed E-state index contributed by atoms with van der Waals surface area (Å²) in [6.07, 6.45) is 17.0. The molecular formula is C16H25Br. The van der Waals surface area contributed by atoms with Crippen LogP contribution >= 0.6 is 15.9 Å². The quantitative estimate of drug-likeness (QED) is 0.495. The van der Waals surface area contributed by atoms with Gasteiger partial charge in [-0.25, -0.2) is 0 Å². The molecule has 3 aliphatic rings. The highest BCUT2D eigenvalue weighted by Crippen LogP contribution is 2.46. The van der Waals surface area contributed by atoms with E-state index in [2.05, 4.69) is 28.1 Å². The SMILES string of the molecule is BrCC1CCC(CCC2CC3C=CC2C3)CC1. The second-order valence-corrected chi connectivity index (χ2v) is 7.31. The van der Waals surface area contributed by atoms with Crippen molar-refractivity contribution in [1.82, 2.24) is 0 Å². The van der Waals surface area contributed by atoms with Crippen molar-refractivity contribution in [3.8, 4) is 0 Å². The zero-order chi connectivity index (χ0) is 11.7. The third kappa shape index (κ3) is 2.80. The molecule has 2 fully saturated rings. The summed E-state index contributed by atoms with van der Waals surface area (Å²) in [6.45, 7) is 0. The minimum absolute atomic E-state index is 0.967. The van der Waals surface area contributed by atoms with Gasteiger partial charge < -0.3 is 0 Å². The third-order valence-corrected chi connectivity index (χ3v) is 6.46. The normalized spacial score (nSPS) is 44.4. The molecule has 96 valence electrons. The Morgan fingerprint density at radius 2 is 1.65 bits per heavy atom. The van der Waals surface area contributed by atoms with Gasteiger partial charge in [0.15, 0.2) is 0 Å². The molecule has 0 heterocycles. The van der Waals surface area contributed by atoms with Crippen LogP contribution in [0.15, 0.2) is 12.2 Å². The standard InChI is InChI=1S/C16H25Br/c17-11-13-3-1-12(2-4-13)5-7-15-9-14-6-8-16(15)10-14/h6,8,12-16H,1-5,7,9-11H2. The van der Waals surface area contributed by atoms with Crippen molar-refractivity contribution < 1.29 is 0 Å². The van der Waals surface area contributed by atoms with E-state index < -0.39 is 0 Å². The number of hydrogen-bond donors (Lipinski definition) is 0. The first-order valence-electron chi connectivity index (χ1n) is 7.59. The van der Waals surface area contributed by atoms with Crippen molar-refractivity contribution in [2.45, 2.75) is 51.4 Å². The first-order chi connectivity index (χ1) is 8.35. The molecule has 0 amide bonds. The van der Waals surface area contributed by atoms with Gasteiger partial charge in [0.05, 0.1) is 0 Å². The first kappa shape index (κ1) is 12.3. The minimum atomic E-state index is 0.967. The molecule has 0 nitrogen and oxygen atoms in total. The fourth-order valence-corrected chi connectivity index (χ4v) is 5.00. The Morgan fingerprint density at radius 1 is 0.882 bits per heavy atom. The first-order valence-corrected chi connectivity index (χ1v) is 8.71. The lowest BCUT2D eigenvalue weighted by Gasteiger charge is -2.29. The molecule has 3 rings (SSSR count). The van der Waals surface area contributed by atoms with E-state index in [0.29, 0.717) is 0 Å². The Balaban J connectivity index is 1.39. The van der Waals surface area contributed by atoms with Gasteiger partial charge in [0.1, 0.15) is 0 Å². The highest BCUT2D eigenvalue weighted by Gasteiger charge is 2.35. The molecular weight excluding hydrogens is 272 g/mol. The molecule has 3 unspecified atom stereocenters. The van der Waals surface area contributed by atoms with Gasteiger partial charge in [-0.3, -0.25) is 0 Å². The summed E-state index contributed by atoms with van der Waals surface area (Å²) in [5, 5.41) is 1.23. The van der Waals surface area contributed by atoms with Gasteiger partial charge in [-0.1, -0.05) is 47.3 Å². The van der Waals surface area contributed by atoms with Gasteiger partial charge in [0.25, 0.3) is 0 Å². The number of rotatable bonds is 4. The second kappa shape index (κ2) is 5.47. The van der Waals surface area contributed by atoms with E-state index in [4.69, 9.17) is 0 Å². The van der Waals surface area contributed by atoms with Crippen LogP contribution in [0.1, 0.15) is 51.4 Å². The second-order valence-electron chi connectivity index (χ2n) is 6.66. The summed E-state index contributed by atoms with van der Waals surface area (Å²) < 4.78 is 0. The molecule has 0 aromatic carbocycles. The maximum Gasteiger partial charge on any atom is 0.00596 e. The fraction of sp³-hybridized carbons (Fsp3) is 0.875. The zero-order valence-corrected chi connectivity index (χ0v) is 12.4. The van der Waals surface area contributed by atoms with Gasteiger partial charge in [-0.15, -0.1) is 0 Å². The largest absolute Gasteiger partial charge is 0.0925 e. The molecule has 3 atom stereocenters. The van der Waals surface area contributed by atoms with Crippen molar-refractivity contribution in [3.05, 3.63) is 12.2 Å². The van der Waals surface area contributed by atoms with E-state index in [1.54, 1.807) is 0 Å². The fourth-order valence-electron chi connectivity index (χ4n) is 4.35. The van der Waals surface area contributed by atoms with Crippen LogP contribution in [-0.2, 0) is 0 Å². The van der Waals surface area contributed by atoms with Crippen molar-refractivity contribution in [2.24, 2.45) is 29.6 Å². The highest BCUT2D eigenvalue weighted by atomic mass is 79.9. The van der Waals surface area contributed by atoms with E-state index in [0.717, 1.165) is 29.6 Å². The molecule has 0 saturated heterocycles. The Labute approximate surface area is 114 Å². The summed E-state index contributed by atoms with van der Waals surface area (Å²) in [7, 11) is 0.